The van der Waals surface area contributed by atoms with Crippen molar-refractivity contribution in [3.05, 3.63) is 52.5 Å². The fraction of sp³-hybridized carbons (Fsp3) is 0.483. The number of pyridine rings is 1. The number of para-hydroxylation sites is 1. The number of nitrogen functional groups attached to an aromatic ring is 1. The van der Waals surface area contributed by atoms with Crippen molar-refractivity contribution in [1.29, 1.82) is 0 Å². The SMILES string of the molecule is CCC(C)(C)[C@@H]1CCc2nc3sc(C(=O)OC4CCN(C(=O)Nc5ccccc5)CC4)c(N)c3cc2C1. The number of anilines is 2. The van der Waals surface area contributed by atoms with Crippen molar-refractivity contribution in [2.24, 2.45) is 11.3 Å². The van der Waals surface area contributed by atoms with E-state index in [9.17, 15) is 9.59 Å². The lowest BCUT2D eigenvalue weighted by atomic mass is 9.69. The van der Waals surface area contributed by atoms with Gasteiger partial charge in [-0.1, -0.05) is 45.4 Å². The van der Waals surface area contributed by atoms with Crippen LogP contribution in [0.15, 0.2) is 36.4 Å². The van der Waals surface area contributed by atoms with Crippen LogP contribution in [0.5, 0.6) is 0 Å². The van der Waals surface area contributed by atoms with Crippen molar-refractivity contribution in [1.82, 2.24) is 9.88 Å². The number of benzene rings is 1. The highest BCUT2D eigenvalue weighted by molar-refractivity contribution is 7.21. The number of nitrogens with one attached hydrogen (secondary N) is 1. The molecule has 1 atom stereocenters. The number of amides is 2. The number of hydrogen-bond donors (Lipinski definition) is 2. The number of esters is 1. The largest absolute Gasteiger partial charge is 0.458 e. The maximum atomic E-state index is 13.1. The molecule has 1 aliphatic heterocycles. The summed E-state index contributed by atoms with van der Waals surface area (Å²) < 4.78 is 5.84. The van der Waals surface area contributed by atoms with Gasteiger partial charge in [0.2, 0.25) is 0 Å². The molecule has 1 aliphatic carbocycles. The third kappa shape index (κ3) is 5.30. The number of aromatic nitrogens is 1. The highest BCUT2D eigenvalue weighted by Gasteiger charge is 2.33. The molecule has 0 unspecified atom stereocenters. The molecule has 37 heavy (non-hydrogen) atoms. The first-order valence-corrected chi connectivity index (χ1v) is 14.1. The van der Waals surface area contributed by atoms with Gasteiger partial charge in [-0.05, 0) is 54.4 Å². The van der Waals surface area contributed by atoms with Crippen LogP contribution in [0.2, 0.25) is 0 Å². The van der Waals surface area contributed by atoms with E-state index in [2.05, 4.69) is 32.2 Å². The average molecular weight is 521 g/mol. The number of hydrogen-bond acceptors (Lipinski definition) is 6. The molecule has 196 valence electrons. The first-order chi connectivity index (χ1) is 17.7. The standard InChI is InChI=1S/C29H36N4O3S/c1-4-29(2,3)19-10-11-23-18(16-19)17-22-24(30)25(37-26(22)32-23)27(34)36-21-12-14-33(15-13-21)28(35)31-20-8-6-5-7-9-20/h5-9,17,19,21H,4,10-16,30H2,1-3H3,(H,31,35)/t19-/m1/s1. The van der Waals surface area contributed by atoms with Crippen LogP contribution in [0.25, 0.3) is 10.2 Å². The van der Waals surface area contributed by atoms with Gasteiger partial charge in [0, 0.05) is 42.7 Å². The van der Waals surface area contributed by atoms with Crippen LogP contribution in [-0.4, -0.2) is 41.1 Å². The Morgan fingerprint density at radius 2 is 1.92 bits per heavy atom. The summed E-state index contributed by atoms with van der Waals surface area (Å²) in [6.45, 7) is 8.02. The predicted molar refractivity (Wildman–Crippen MR) is 149 cm³/mol. The normalized spacial score (nSPS) is 18.5. The Hall–Kier alpha value is -3.13. The minimum Gasteiger partial charge on any atom is -0.458 e. The van der Waals surface area contributed by atoms with E-state index in [1.165, 1.54) is 16.9 Å². The molecule has 3 aromatic rings. The number of carbonyl (C=O) groups excluding carboxylic acids is 2. The molecule has 0 radical (unpaired) electrons. The van der Waals surface area contributed by atoms with Crippen LogP contribution in [0.1, 0.15) is 67.4 Å². The van der Waals surface area contributed by atoms with E-state index in [4.69, 9.17) is 15.5 Å². The zero-order valence-electron chi connectivity index (χ0n) is 21.9. The van der Waals surface area contributed by atoms with Gasteiger partial charge in [-0.15, -0.1) is 11.3 Å². The Morgan fingerprint density at radius 3 is 2.62 bits per heavy atom. The van der Waals surface area contributed by atoms with Crippen molar-refractivity contribution >= 4 is 44.9 Å². The van der Waals surface area contributed by atoms with Crippen LogP contribution < -0.4 is 11.1 Å². The minimum absolute atomic E-state index is 0.135. The fourth-order valence-electron chi connectivity index (χ4n) is 5.40. The molecule has 1 fully saturated rings. The molecule has 0 spiro atoms. The third-order valence-corrected chi connectivity index (χ3v) is 9.41. The van der Waals surface area contributed by atoms with E-state index in [0.29, 0.717) is 47.8 Å². The summed E-state index contributed by atoms with van der Waals surface area (Å²) in [7, 11) is 0. The van der Waals surface area contributed by atoms with Gasteiger partial charge in [0.1, 0.15) is 15.8 Å². The number of fused-ring (bicyclic) bond motifs is 2. The second kappa shape index (κ2) is 10.3. The first-order valence-electron chi connectivity index (χ1n) is 13.3. The van der Waals surface area contributed by atoms with Gasteiger partial charge < -0.3 is 20.7 Å². The fourth-order valence-corrected chi connectivity index (χ4v) is 6.38. The van der Waals surface area contributed by atoms with Crippen LogP contribution in [0.4, 0.5) is 16.2 Å². The average Bonchev–Trinajstić information content (AvgIpc) is 3.23. The van der Waals surface area contributed by atoms with Gasteiger partial charge in [0.05, 0.1) is 5.69 Å². The lowest BCUT2D eigenvalue weighted by Crippen LogP contribution is -2.43. The summed E-state index contributed by atoms with van der Waals surface area (Å²) in [6, 6.07) is 11.4. The maximum Gasteiger partial charge on any atom is 0.350 e. The van der Waals surface area contributed by atoms with E-state index >= 15 is 0 Å². The topological polar surface area (TPSA) is 97.5 Å². The Kier molecular flexibility index (Phi) is 7.12. The molecule has 0 saturated carbocycles. The van der Waals surface area contributed by atoms with Crippen LogP contribution in [0, 0.1) is 11.3 Å². The van der Waals surface area contributed by atoms with Crippen molar-refractivity contribution in [2.75, 3.05) is 24.1 Å². The number of likely N-dealkylation sites (tertiary alicyclic amines) is 1. The number of thiophene rings is 1. The van der Waals surface area contributed by atoms with Crippen LogP contribution in [0.3, 0.4) is 0 Å². The van der Waals surface area contributed by atoms with Gasteiger partial charge in [0.25, 0.3) is 0 Å². The van der Waals surface area contributed by atoms with Gasteiger partial charge >= 0.3 is 12.0 Å². The Balaban J connectivity index is 1.22. The molecule has 5 rings (SSSR count). The number of piperidine rings is 1. The third-order valence-electron chi connectivity index (χ3n) is 8.32. The van der Waals surface area contributed by atoms with Crippen LogP contribution in [-0.2, 0) is 17.6 Å². The highest BCUT2D eigenvalue weighted by Crippen LogP contribution is 2.42. The Morgan fingerprint density at radius 1 is 1.19 bits per heavy atom. The molecule has 1 aromatic carbocycles. The summed E-state index contributed by atoms with van der Waals surface area (Å²) in [5.74, 6) is 0.227. The van der Waals surface area contributed by atoms with Gasteiger partial charge in [0.15, 0.2) is 0 Å². The highest BCUT2D eigenvalue weighted by atomic mass is 32.1. The smallest absolute Gasteiger partial charge is 0.350 e. The van der Waals surface area contributed by atoms with Crippen molar-refractivity contribution in [3.63, 3.8) is 0 Å². The lowest BCUT2D eigenvalue weighted by molar-refractivity contribution is 0.0164. The number of urea groups is 1. The monoisotopic (exact) mass is 520 g/mol. The molecule has 2 aliphatic rings. The van der Waals surface area contributed by atoms with Crippen molar-refractivity contribution in [3.8, 4) is 0 Å². The minimum atomic E-state index is -0.393. The molecule has 7 nitrogen and oxygen atoms in total. The predicted octanol–water partition coefficient (Wildman–Crippen LogP) is 6.27. The van der Waals surface area contributed by atoms with E-state index in [0.717, 1.165) is 47.3 Å². The zero-order valence-corrected chi connectivity index (χ0v) is 22.7. The summed E-state index contributed by atoms with van der Waals surface area (Å²) in [6.07, 6.45) is 5.22. The van der Waals surface area contributed by atoms with E-state index in [1.807, 2.05) is 30.3 Å². The quantitative estimate of drug-likeness (QED) is 0.386. The molecule has 8 heteroatoms. The molecule has 2 amide bonds. The lowest BCUT2D eigenvalue weighted by Gasteiger charge is -2.36. The van der Waals surface area contributed by atoms with Gasteiger partial charge in [-0.25, -0.2) is 14.6 Å². The first kappa shape index (κ1) is 25.5. The number of rotatable bonds is 5. The number of nitrogens with two attached hydrogens (primary N) is 1. The van der Waals surface area contributed by atoms with E-state index in [-0.39, 0.29) is 12.1 Å². The zero-order chi connectivity index (χ0) is 26.2. The van der Waals surface area contributed by atoms with Crippen LogP contribution >= 0.6 is 11.3 Å². The van der Waals surface area contributed by atoms with E-state index < -0.39 is 5.97 Å². The molecule has 1 saturated heterocycles. The summed E-state index contributed by atoms with van der Waals surface area (Å²) in [4.78, 5) is 33.5. The molecule has 3 N–H and O–H groups in total. The molecular formula is C29H36N4O3S. The maximum absolute atomic E-state index is 13.1. The molecule has 2 aromatic heterocycles. The van der Waals surface area contributed by atoms with Crippen molar-refractivity contribution in [2.45, 2.75) is 65.4 Å². The summed E-state index contributed by atoms with van der Waals surface area (Å²) >= 11 is 1.33. The van der Waals surface area contributed by atoms with Gasteiger partial charge in [-0.2, -0.15) is 0 Å². The second-order valence-electron chi connectivity index (χ2n) is 11.0. The summed E-state index contributed by atoms with van der Waals surface area (Å²) in [5, 5.41) is 3.77. The van der Waals surface area contributed by atoms with Gasteiger partial charge in [-0.3, -0.25) is 0 Å². The number of aryl methyl sites for hydroxylation is 1. The molecule has 0 bridgehead atoms. The van der Waals surface area contributed by atoms with E-state index in [1.54, 1.807) is 4.90 Å². The number of nitrogens with zero attached hydrogens (tertiary/aromatic N) is 2. The second-order valence-corrected chi connectivity index (χ2v) is 12.0. The Labute approximate surface area is 222 Å². The molecule has 3 heterocycles. The number of carbonyl (C=O) groups is 2. The molecular weight excluding hydrogens is 484 g/mol. The van der Waals surface area contributed by atoms with Crippen molar-refractivity contribution < 1.29 is 14.3 Å². The summed E-state index contributed by atoms with van der Waals surface area (Å²) in [5.41, 5.74) is 10.4. The number of ether oxygens (including phenoxy) is 1. The Bertz CT molecular complexity index is 1300.